The van der Waals surface area contributed by atoms with Crippen molar-refractivity contribution in [3.05, 3.63) is 0 Å². The summed E-state index contributed by atoms with van der Waals surface area (Å²) in [6.07, 6.45) is 45.9. The zero-order valence-electron chi connectivity index (χ0n) is 38.3. The monoisotopic (exact) mass is 927 g/mol. The van der Waals surface area contributed by atoms with Crippen LogP contribution in [0.25, 0.3) is 0 Å². The summed E-state index contributed by atoms with van der Waals surface area (Å²) in [6.45, 7) is 8.91. The van der Waals surface area contributed by atoms with E-state index in [0.29, 0.717) is 25.7 Å². The van der Waals surface area contributed by atoms with Crippen LogP contribution in [0.1, 0.15) is 285 Å². The summed E-state index contributed by atoms with van der Waals surface area (Å²) in [5, 5.41) is 33.7. The first-order valence-electron chi connectivity index (χ1n) is 24.0. The van der Waals surface area contributed by atoms with Gasteiger partial charge in [-0.1, -0.05) is 233 Å². The number of carboxylic acids is 4. The van der Waals surface area contributed by atoms with E-state index >= 15 is 0 Å². The second-order valence-electron chi connectivity index (χ2n) is 15.9. The van der Waals surface area contributed by atoms with Crippen molar-refractivity contribution in [2.45, 2.75) is 285 Å². The summed E-state index contributed by atoms with van der Waals surface area (Å²) in [5.74, 6) is -2.64. The van der Waals surface area contributed by atoms with Crippen LogP contribution in [0.4, 0.5) is 0 Å². The maximum absolute atomic E-state index is 10.2. The minimum Gasteiger partial charge on any atom is -0.481 e. The number of rotatable bonds is 40. The Kier molecular flexibility index (Phi) is 77.0. The number of aliphatic carboxylic acids is 4. The molecule has 0 aliphatic rings. The molecule has 0 aromatic heterocycles. The molecule has 58 heavy (non-hydrogen) atoms. The Morgan fingerprint density at radius 1 is 0.224 bits per heavy atom. The van der Waals surface area contributed by atoms with Gasteiger partial charge >= 0.3 is 23.9 Å². The van der Waals surface area contributed by atoms with E-state index in [4.69, 9.17) is 20.4 Å². The van der Waals surface area contributed by atoms with Crippen molar-refractivity contribution in [2.24, 2.45) is 0 Å². The number of hydrogen-bond acceptors (Lipinski definition) is 4. The van der Waals surface area contributed by atoms with Crippen LogP contribution in [0.2, 0.25) is 0 Å². The molecule has 0 heterocycles. The number of hydrogen-bond donors (Lipinski definition) is 4. The Morgan fingerprint density at radius 3 is 0.431 bits per heavy atom. The van der Waals surface area contributed by atoms with E-state index in [-0.39, 0.29) is 34.1 Å². The molecule has 358 valence electrons. The van der Waals surface area contributed by atoms with Crippen molar-refractivity contribution in [2.75, 3.05) is 0 Å². The maximum atomic E-state index is 10.2. The molecular formula is C48H96Cu2O8. The second-order valence-corrected chi connectivity index (χ2v) is 15.9. The molecule has 0 saturated heterocycles. The summed E-state index contributed by atoms with van der Waals surface area (Å²) in [4.78, 5) is 40.8. The summed E-state index contributed by atoms with van der Waals surface area (Å²) < 4.78 is 0. The van der Waals surface area contributed by atoms with Crippen molar-refractivity contribution in [3.8, 4) is 0 Å². The normalized spacial score (nSPS) is 10.0. The van der Waals surface area contributed by atoms with E-state index in [1.54, 1.807) is 0 Å². The third kappa shape index (κ3) is 86.7. The molecule has 0 aromatic rings. The Labute approximate surface area is 380 Å². The molecule has 0 spiro atoms. The van der Waals surface area contributed by atoms with E-state index in [9.17, 15) is 19.2 Å². The fraction of sp³-hybridized carbons (Fsp3) is 0.917. The molecule has 0 saturated carbocycles. The first-order valence-corrected chi connectivity index (χ1v) is 24.0. The van der Waals surface area contributed by atoms with Gasteiger partial charge in [-0.05, 0) is 25.7 Å². The summed E-state index contributed by atoms with van der Waals surface area (Å²) >= 11 is 0. The van der Waals surface area contributed by atoms with Crippen LogP contribution in [0.15, 0.2) is 0 Å². The Morgan fingerprint density at radius 2 is 0.328 bits per heavy atom. The zero-order chi connectivity index (χ0) is 42.6. The zero-order valence-corrected chi connectivity index (χ0v) is 40.2. The molecule has 2 radical (unpaired) electrons. The first kappa shape index (κ1) is 68.6. The van der Waals surface area contributed by atoms with Crippen molar-refractivity contribution in [1.29, 1.82) is 0 Å². The number of carbonyl (C=O) groups is 4. The van der Waals surface area contributed by atoms with Gasteiger partial charge < -0.3 is 20.4 Å². The van der Waals surface area contributed by atoms with Crippen molar-refractivity contribution < 1.29 is 73.7 Å². The number of carboxylic acid groups (broad SMARTS) is 4. The smallest absolute Gasteiger partial charge is 0.303 e. The predicted octanol–water partition coefficient (Wildman–Crippen LogP) is 16.0. The van der Waals surface area contributed by atoms with E-state index in [1.807, 2.05) is 0 Å². The van der Waals surface area contributed by atoms with Gasteiger partial charge in [0, 0.05) is 59.8 Å². The van der Waals surface area contributed by atoms with Crippen LogP contribution < -0.4 is 0 Å². The van der Waals surface area contributed by atoms with Crippen LogP contribution in [0.3, 0.4) is 0 Å². The van der Waals surface area contributed by atoms with Gasteiger partial charge in [-0.2, -0.15) is 0 Å². The van der Waals surface area contributed by atoms with E-state index in [2.05, 4.69) is 27.7 Å². The van der Waals surface area contributed by atoms with Crippen LogP contribution in [-0.2, 0) is 53.3 Å². The van der Waals surface area contributed by atoms with Gasteiger partial charge in [0.1, 0.15) is 0 Å². The van der Waals surface area contributed by atoms with E-state index < -0.39 is 23.9 Å². The van der Waals surface area contributed by atoms with Gasteiger partial charge in [-0.25, -0.2) is 0 Å². The Balaban J connectivity index is -0.000000154. The molecule has 8 nitrogen and oxygen atoms in total. The van der Waals surface area contributed by atoms with E-state index in [0.717, 1.165) is 51.4 Å². The summed E-state index contributed by atoms with van der Waals surface area (Å²) in [7, 11) is 0. The van der Waals surface area contributed by atoms with Gasteiger partial charge in [-0.3, -0.25) is 19.2 Å². The van der Waals surface area contributed by atoms with Crippen LogP contribution in [0.5, 0.6) is 0 Å². The van der Waals surface area contributed by atoms with Crippen molar-refractivity contribution >= 4 is 23.9 Å². The molecule has 0 atom stereocenters. The molecule has 0 aliphatic carbocycles. The second kappa shape index (κ2) is 65.0. The topological polar surface area (TPSA) is 149 Å². The van der Waals surface area contributed by atoms with Crippen LogP contribution in [-0.4, -0.2) is 44.3 Å². The fourth-order valence-electron chi connectivity index (χ4n) is 6.35. The number of unbranched alkanes of at least 4 members (excludes halogenated alkanes) is 32. The minimum atomic E-state index is -0.659. The average molecular weight is 928 g/mol. The molecule has 4 N–H and O–H groups in total. The molecule has 0 rings (SSSR count). The largest absolute Gasteiger partial charge is 0.481 e. The van der Waals surface area contributed by atoms with E-state index in [1.165, 1.54) is 180 Å². The molecule has 0 aliphatic heterocycles. The molecule has 0 aromatic carbocycles. The van der Waals surface area contributed by atoms with Crippen LogP contribution >= 0.6 is 0 Å². The molecule has 0 amide bonds. The van der Waals surface area contributed by atoms with Gasteiger partial charge in [0.25, 0.3) is 0 Å². The van der Waals surface area contributed by atoms with Gasteiger partial charge in [0.05, 0.1) is 0 Å². The molecular weight excluding hydrogens is 832 g/mol. The van der Waals surface area contributed by atoms with Crippen LogP contribution in [0, 0.1) is 0 Å². The third-order valence-corrected chi connectivity index (χ3v) is 9.98. The molecule has 0 fully saturated rings. The average Bonchev–Trinajstić information content (AvgIpc) is 3.15. The standard InChI is InChI=1S/4C12H24O2.2Cu/c4*1-2-3-4-5-6-7-8-9-10-11-12(13)14;;/h4*2-11H2,1H3,(H,13,14);;. The summed E-state index contributed by atoms with van der Waals surface area (Å²) in [5.41, 5.74) is 0. The Bertz CT molecular complexity index is 670. The van der Waals surface area contributed by atoms with Gasteiger partial charge in [0.2, 0.25) is 0 Å². The SMILES string of the molecule is CCCCCCCCCCCC(=O)O.CCCCCCCCCCCC(=O)O.CCCCCCCCCCCC(=O)O.CCCCCCCCCCCC(=O)O.[Cu].[Cu]. The van der Waals surface area contributed by atoms with Crippen molar-refractivity contribution in [1.82, 2.24) is 0 Å². The fourth-order valence-corrected chi connectivity index (χ4v) is 6.35. The minimum absolute atomic E-state index is 0. The predicted molar refractivity (Wildman–Crippen MR) is 238 cm³/mol. The molecule has 0 unspecified atom stereocenters. The molecule has 0 bridgehead atoms. The molecule has 10 heteroatoms. The Hall–Kier alpha value is -1.08. The van der Waals surface area contributed by atoms with Gasteiger partial charge in [-0.15, -0.1) is 0 Å². The maximum Gasteiger partial charge on any atom is 0.303 e. The summed E-state index contributed by atoms with van der Waals surface area (Å²) in [6, 6.07) is 0. The van der Waals surface area contributed by atoms with Gasteiger partial charge in [0.15, 0.2) is 0 Å². The first-order chi connectivity index (χ1) is 27.1. The third-order valence-electron chi connectivity index (χ3n) is 9.98. The quantitative estimate of drug-likeness (QED) is 0.0351. The van der Waals surface area contributed by atoms with Crippen molar-refractivity contribution in [3.63, 3.8) is 0 Å².